The Labute approximate surface area is 80.6 Å². The van der Waals surface area contributed by atoms with Crippen LogP contribution in [-0.4, -0.2) is 35.5 Å². The molecule has 0 radical (unpaired) electrons. The highest BCUT2D eigenvalue weighted by atomic mass is 16.5. The summed E-state index contributed by atoms with van der Waals surface area (Å²) in [5.41, 5.74) is 5.85. The molecule has 1 aliphatic carbocycles. The van der Waals surface area contributed by atoms with Crippen LogP contribution in [0.25, 0.3) is 0 Å². The minimum Gasteiger partial charge on any atom is -0.463 e. The van der Waals surface area contributed by atoms with Crippen molar-refractivity contribution in [1.29, 1.82) is 0 Å². The second-order valence-corrected chi connectivity index (χ2v) is 3.07. The third-order valence-electron chi connectivity index (χ3n) is 2.02. The SMILES string of the molecule is NCC(O)C1N=C2C=CC(=O)C=C2O1. The lowest BCUT2D eigenvalue weighted by Crippen LogP contribution is -2.31. The van der Waals surface area contributed by atoms with Crippen molar-refractivity contribution in [1.82, 2.24) is 0 Å². The van der Waals surface area contributed by atoms with Crippen LogP contribution in [-0.2, 0) is 9.53 Å². The average Bonchev–Trinajstić information content (AvgIpc) is 2.59. The molecule has 0 saturated heterocycles. The molecule has 0 aromatic carbocycles. The molecule has 5 heteroatoms. The van der Waals surface area contributed by atoms with Crippen LogP contribution >= 0.6 is 0 Å². The Hall–Kier alpha value is -1.46. The number of allylic oxidation sites excluding steroid dienone is 3. The molecule has 1 heterocycles. The van der Waals surface area contributed by atoms with Gasteiger partial charge in [-0.15, -0.1) is 0 Å². The number of ether oxygens (including phenoxy) is 1. The maximum atomic E-state index is 11.0. The van der Waals surface area contributed by atoms with Crippen LogP contribution in [0.5, 0.6) is 0 Å². The third kappa shape index (κ3) is 1.47. The number of aliphatic imine (C=N–C) groups is 1. The van der Waals surface area contributed by atoms with Gasteiger partial charge < -0.3 is 15.6 Å². The van der Waals surface area contributed by atoms with E-state index < -0.39 is 12.3 Å². The first kappa shape index (κ1) is 9.11. The van der Waals surface area contributed by atoms with E-state index in [0.717, 1.165) is 0 Å². The molecule has 14 heavy (non-hydrogen) atoms. The number of rotatable bonds is 2. The number of aliphatic hydroxyl groups excluding tert-OH is 1. The van der Waals surface area contributed by atoms with Crippen LogP contribution in [0.2, 0.25) is 0 Å². The lowest BCUT2D eigenvalue weighted by molar-refractivity contribution is -0.110. The fourth-order valence-corrected chi connectivity index (χ4v) is 1.27. The van der Waals surface area contributed by atoms with E-state index in [4.69, 9.17) is 10.5 Å². The van der Waals surface area contributed by atoms with E-state index in [0.29, 0.717) is 11.5 Å². The van der Waals surface area contributed by atoms with Gasteiger partial charge in [0.2, 0.25) is 6.23 Å². The van der Waals surface area contributed by atoms with Crippen LogP contribution in [0, 0.1) is 0 Å². The fourth-order valence-electron chi connectivity index (χ4n) is 1.27. The summed E-state index contributed by atoms with van der Waals surface area (Å²) in [6, 6.07) is 0. The van der Waals surface area contributed by atoms with Crippen LogP contribution < -0.4 is 5.73 Å². The Morgan fingerprint density at radius 2 is 2.43 bits per heavy atom. The summed E-state index contributed by atoms with van der Waals surface area (Å²) in [6.07, 6.45) is 2.81. The summed E-state index contributed by atoms with van der Waals surface area (Å²) in [7, 11) is 0. The number of ketones is 1. The van der Waals surface area contributed by atoms with Crippen LogP contribution in [0.4, 0.5) is 0 Å². The van der Waals surface area contributed by atoms with Gasteiger partial charge in [-0.25, -0.2) is 4.99 Å². The van der Waals surface area contributed by atoms with Crippen molar-refractivity contribution >= 4 is 11.5 Å². The van der Waals surface area contributed by atoms with Gasteiger partial charge in [0.15, 0.2) is 11.5 Å². The van der Waals surface area contributed by atoms with Gasteiger partial charge in [0.1, 0.15) is 11.8 Å². The van der Waals surface area contributed by atoms with Gasteiger partial charge in [0, 0.05) is 12.6 Å². The molecule has 0 aromatic heterocycles. The van der Waals surface area contributed by atoms with Crippen LogP contribution in [0.3, 0.4) is 0 Å². The molecule has 2 unspecified atom stereocenters. The zero-order valence-corrected chi connectivity index (χ0v) is 7.38. The van der Waals surface area contributed by atoms with Gasteiger partial charge in [0.05, 0.1) is 0 Å². The van der Waals surface area contributed by atoms with Crippen molar-refractivity contribution in [3.8, 4) is 0 Å². The van der Waals surface area contributed by atoms with Gasteiger partial charge in [0.25, 0.3) is 0 Å². The minimum absolute atomic E-state index is 0.0758. The van der Waals surface area contributed by atoms with E-state index in [2.05, 4.69) is 4.99 Å². The van der Waals surface area contributed by atoms with E-state index >= 15 is 0 Å². The summed E-state index contributed by atoms with van der Waals surface area (Å²) >= 11 is 0. The summed E-state index contributed by atoms with van der Waals surface area (Å²) in [5, 5.41) is 9.38. The molecule has 0 saturated carbocycles. The van der Waals surface area contributed by atoms with Gasteiger partial charge in [-0.05, 0) is 12.2 Å². The Morgan fingerprint density at radius 1 is 1.64 bits per heavy atom. The third-order valence-corrected chi connectivity index (χ3v) is 2.02. The van der Waals surface area contributed by atoms with Crippen LogP contribution in [0.1, 0.15) is 0 Å². The molecule has 0 amide bonds. The van der Waals surface area contributed by atoms with Gasteiger partial charge in [-0.1, -0.05) is 0 Å². The summed E-state index contributed by atoms with van der Waals surface area (Å²) in [4.78, 5) is 15.0. The lowest BCUT2D eigenvalue weighted by atomic mass is 10.1. The second kappa shape index (κ2) is 3.36. The molecular weight excluding hydrogens is 184 g/mol. The molecule has 2 atom stereocenters. The predicted molar refractivity (Wildman–Crippen MR) is 49.6 cm³/mol. The van der Waals surface area contributed by atoms with Gasteiger partial charge in [-0.2, -0.15) is 0 Å². The number of nitrogens with two attached hydrogens (primary N) is 1. The standard InChI is InChI=1S/C9H10N2O3/c10-4-7(13)9-11-6-2-1-5(12)3-8(6)14-9/h1-3,7,9,13H,4,10H2. The van der Waals surface area contributed by atoms with Gasteiger partial charge in [-0.3, -0.25) is 4.79 Å². The summed E-state index contributed by atoms with van der Waals surface area (Å²) in [5.74, 6) is 0.275. The van der Waals surface area contributed by atoms with Crippen molar-refractivity contribution in [3.63, 3.8) is 0 Å². The highest BCUT2D eigenvalue weighted by Crippen LogP contribution is 2.21. The highest BCUT2D eigenvalue weighted by Gasteiger charge is 2.29. The normalized spacial score (nSPS) is 26.4. The molecule has 74 valence electrons. The Balaban J connectivity index is 2.20. The zero-order chi connectivity index (χ0) is 10.1. The number of hydrogen-bond acceptors (Lipinski definition) is 5. The van der Waals surface area contributed by atoms with Gasteiger partial charge >= 0.3 is 0 Å². The smallest absolute Gasteiger partial charge is 0.217 e. The maximum absolute atomic E-state index is 11.0. The molecular formula is C9H10N2O3. The second-order valence-electron chi connectivity index (χ2n) is 3.07. The Kier molecular flexibility index (Phi) is 2.18. The van der Waals surface area contributed by atoms with E-state index in [1.54, 1.807) is 6.08 Å². The molecule has 0 aromatic rings. The molecule has 0 fully saturated rings. The number of nitrogens with zero attached hydrogens (tertiary/aromatic N) is 1. The largest absolute Gasteiger partial charge is 0.463 e. The minimum atomic E-state index is -0.836. The number of carbonyl (C=O) groups excluding carboxylic acids is 1. The van der Waals surface area contributed by atoms with Crippen LogP contribution in [0.15, 0.2) is 29.0 Å². The predicted octanol–water partition coefficient (Wildman–Crippen LogP) is -0.874. The first-order valence-electron chi connectivity index (χ1n) is 4.27. The zero-order valence-electron chi connectivity index (χ0n) is 7.38. The fraction of sp³-hybridized carbons (Fsp3) is 0.333. The first-order chi connectivity index (χ1) is 6.70. The van der Waals surface area contributed by atoms with E-state index in [1.165, 1.54) is 12.2 Å². The quantitative estimate of drug-likeness (QED) is 0.559. The molecule has 2 rings (SSSR count). The van der Waals surface area contributed by atoms with Crippen molar-refractivity contribution in [2.75, 3.05) is 6.54 Å². The van der Waals surface area contributed by atoms with Crippen molar-refractivity contribution in [2.45, 2.75) is 12.3 Å². The number of aliphatic hydroxyl groups is 1. The number of hydrogen-bond donors (Lipinski definition) is 2. The van der Waals surface area contributed by atoms with E-state index in [1.807, 2.05) is 0 Å². The summed E-state index contributed by atoms with van der Waals surface area (Å²) in [6.45, 7) is 0.0758. The Bertz CT molecular complexity index is 357. The Morgan fingerprint density at radius 3 is 3.14 bits per heavy atom. The molecule has 0 bridgehead atoms. The first-order valence-corrected chi connectivity index (χ1v) is 4.27. The summed E-state index contributed by atoms with van der Waals surface area (Å²) < 4.78 is 5.24. The van der Waals surface area contributed by atoms with E-state index in [-0.39, 0.29) is 12.3 Å². The van der Waals surface area contributed by atoms with Crippen molar-refractivity contribution in [2.24, 2.45) is 10.7 Å². The van der Waals surface area contributed by atoms with Crippen molar-refractivity contribution < 1.29 is 14.6 Å². The number of carbonyl (C=O) groups is 1. The maximum Gasteiger partial charge on any atom is 0.217 e. The highest BCUT2D eigenvalue weighted by molar-refractivity contribution is 6.19. The number of fused-ring (bicyclic) bond motifs is 1. The molecule has 0 spiro atoms. The molecule has 3 N–H and O–H groups in total. The van der Waals surface area contributed by atoms with Crippen molar-refractivity contribution in [3.05, 3.63) is 24.0 Å². The molecule has 1 aliphatic heterocycles. The average molecular weight is 194 g/mol. The monoisotopic (exact) mass is 194 g/mol. The van der Waals surface area contributed by atoms with E-state index in [9.17, 15) is 9.90 Å². The lowest BCUT2D eigenvalue weighted by Gasteiger charge is -2.13. The molecule has 5 nitrogen and oxygen atoms in total. The topological polar surface area (TPSA) is 84.9 Å². The molecule has 2 aliphatic rings.